The van der Waals surface area contributed by atoms with Crippen LogP contribution in [-0.2, 0) is 6.54 Å². The van der Waals surface area contributed by atoms with Gasteiger partial charge in [-0.15, -0.1) is 0 Å². The summed E-state index contributed by atoms with van der Waals surface area (Å²) >= 11 is 0. The number of rotatable bonds is 4. The average Bonchev–Trinajstić information content (AvgIpc) is 3.28. The van der Waals surface area contributed by atoms with E-state index >= 15 is 0 Å². The minimum atomic E-state index is -0.212. The Kier molecular flexibility index (Phi) is 3.74. The zero-order valence-corrected chi connectivity index (χ0v) is 13.5. The molecule has 7 heteroatoms. The van der Waals surface area contributed by atoms with E-state index in [1.165, 1.54) is 4.90 Å². The van der Waals surface area contributed by atoms with E-state index < -0.39 is 0 Å². The molecule has 25 heavy (non-hydrogen) atoms. The SMILES string of the molecule is CN(Cc1cc(-c2cccnc2)no1)C(=O)c1nc2ccccc2[nH]1. The number of imidazole rings is 1. The van der Waals surface area contributed by atoms with Crippen LogP contribution >= 0.6 is 0 Å². The zero-order valence-electron chi connectivity index (χ0n) is 13.5. The predicted octanol–water partition coefficient (Wildman–Crippen LogP) is 2.89. The Morgan fingerprint density at radius 1 is 1.24 bits per heavy atom. The Balaban J connectivity index is 1.50. The Morgan fingerprint density at radius 2 is 2.12 bits per heavy atom. The Hall–Kier alpha value is -3.48. The van der Waals surface area contributed by atoms with Crippen molar-refractivity contribution in [1.29, 1.82) is 0 Å². The number of aromatic nitrogens is 4. The molecule has 0 radical (unpaired) electrons. The Bertz CT molecular complexity index is 989. The number of hydrogen-bond donors (Lipinski definition) is 1. The second kappa shape index (κ2) is 6.20. The van der Waals surface area contributed by atoms with Crippen molar-refractivity contribution in [3.63, 3.8) is 0 Å². The molecule has 0 saturated heterocycles. The molecular weight excluding hydrogens is 318 g/mol. The number of nitrogens with zero attached hydrogens (tertiary/aromatic N) is 4. The quantitative estimate of drug-likeness (QED) is 0.620. The molecule has 0 aliphatic rings. The molecule has 4 rings (SSSR count). The third kappa shape index (κ3) is 2.99. The van der Waals surface area contributed by atoms with Gasteiger partial charge in [-0.3, -0.25) is 9.78 Å². The third-order valence-corrected chi connectivity index (χ3v) is 3.85. The first-order chi connectivity index (χ1) is 12.2. The number of benzene rings is 1. The lowest BCUT2D eigenvalue weighted by atomic mass is 10.2. The number of H-pyrrole nitrogens is 1. The number of carbonyl (C=O) groups excluding carboxylic acids is 1. The molecule has 7 nitrogen and oxygen atoms in total. The molecule has 1 amide bonds. The van der Waals surface area contributed by atoms with E-state index in [2.05, 4.69) is 20.1 Å². The van der Waals surface area contributed by atoms with Gasteiger partial charge in [0.05, 0.1) is 17.6 Å². The largest absolute Gasteiger partial charge is 0.359 e. The number of hydrogen-bond acceptors (Lipinski definition) is 5. The summed E-state index contributed by atoms with van der Waals surface area (Å²) in [6.45, 7) is 0.295. The molecule has 4 aromatic rings. The molecule has 0 aliphatic heterocycles. The summed E-state index contributed by atoms with van der Waals surface area (Å²) < 4.78 is 5.33. The van der Waals surface area contributed by atoms with Crippen LogP contribution in [0.15, 0.2) is 59.4 Å². The molecule has 0 aliphatic carbocycles. The molecule has 0 atom stereocenters. The lowest BCUT2D eigenvalue weighted by molar-refractivity contribution is 0.0761. The average molecular weight is 333 g/mol. The fourth-order valence-electron chi connectivity index (χ4n) is 2.58. The predicted molar refractivity (Wildman–Crippen MR) is 91.6 cm³/mol. The first-order valence-corrected chi connectivity index (χ1v) is 7.77. The smallest absolute Gasteiger partial charge is 0.289 e. The van der Waals surface area contributed by atoms with Crippen molar-refractivity contribution in [2.75, 3.05) is 7.05 Å². The van der Waals surface area contributed by atoms with Gasteiger partial charge in [0.1, 0.15) is 5.69 Å². The standard InChI is InChI=1S/C18H15N5O2/c1-23(18(24)17-20-14-6-2-3-7-15(14)21-17)11-13-9-16(22-25-13)12-5-4-8-19-10-12/h2-10H,11H2,1H3,(H,20,21). The maximum Gasteiger partial charge on any atom is 0.289 e. The van der Waals surface area contributed by atoms with Crippen molar-refractivity contribution in [2.24, 2.45) is 0 Å². The van der Waals surface area contributed by atoms with Crippen LogP contribution in [0.1, 0.15) is 16.4 Å². The second-order valence-corrected chi connectivity index (χ2v) is 5.68. The number of fused-ring (bicyclic) bond motifs is 1. The van der Waals surface area contributed by atoms with Crippen molar-refractivity contribution in [3.8, 4) is 11.3 Å². The topological polar surface area (TPSA) is 87.9 Å². The molecule has 0 saturated carbocycles. The number of para-hydroxylation sites is 2. The number of nitrogens with one attached hydrogen (secondary N) is 1. The number of aromatic amines is 1. The van der Waals surface area contributed by atoms with Crippen LogP contribution in [-0.4, -0.2) is 38.0 Å². The van der Waals surface area contributed by atoms with Crippen molar-refractivity contribution >= 4 is 16.9 Å². The van der Waals surface area contributed by atoms with Crippen molar-refractivity contribution in [2.45, 2.75) is 6.54 Å². The molecule has 1 N–H and O–H groups in total. The first kappa shape index (κ1) is 15.1. The van der Waals surface area contributed by atoms with Gasteiger partial charge < -0.3 is 14.4 Å². The van der Waals surface area contributed by atoms with Crippen molar-refractivity contribution < 1.29 is 9.32 Å². The molecule has 0 fully saturated rings. The van der Waals surface area contributed by atoms with Crippen molar-refractivity contribution in [1.82, 2.24) is 25.0 Å². The van der Waals surface area contributed by atoms with E-state index in [4.69, 9.17) is 4.52 Å². The van der Waals surface area contributed by atoms with E-state index in [0.29, 0.717) is 23.8 Å². The lowest BCUT2D eigenvalue weighted by Crippen LogP contribution is -2.26. The van der Waals surface area contributed by atoms with Crippen LogP contribution in [0, 0.1) is 0 Å². The third-order valence-electron chi connectivity index (χ3n) is 3.85. The van der Waals surface area contributed by atoms with Crippen LogP contribution < -0.4 is 0 Å². The van der Waals surface area contributed by atoms with Gasteiger partial charge in [-0.1, -0.05) is 17.3 Å². The highest BCUT2D eigenvalue weighted by molar-refractivity contribution is 5.93. The molecule has 124 valence electrons. The maximum absolute atomic E-state index is 12.6. The van der Waals surface area contributed by atoms with Gasteiger partial charge in [-0.05, 0) is 24.3 Å². The highest BCUT2D eigenvalue weighted by Crippen LogP contribution is 2.19. The van der Waals surface area contributed by atoms with Gasteiger partial charge in [0.25, 0.3) is 5.91 Å². The minimum Gasteiger partial charge on any atom is -0.359 e. The zero-order chi connectivity index (χ0) is 17.2. The van der Waals surface area contributed by atoms with Crippen molar-refractivity contribution in [3.05, 3.63) is 66.4 Å². The molecule has 1 aromatic carbocycles. The summed E-state index contributed by atoms with van der Waals surface area (Å²) in [5, 5.41) is 4.03. The van der Waals surface area contributed by atoms with Gasteiger partial charge >= 0.3 is 0 Å². The summed E-state index contributed by atoms with van der Waals surface area (Å²) in [6, 6.07) is 13.1. The molecule has 3 aromatic heterocycles. The van der Waals surface area contributed by atoms with Gasteiger partial charge in [0.15, 0.2) is 11.6 Å². The van der Waals surface area contributed by atoms with E-state index in [9.17, 15) is 4.79 Å². The molecule has 0 unspecified atom stereocenters. The Morgan fingerprint density at radius 3 is 2.92 bits per heavy atom. The monoisotopic (exact) mass is 333 g/mol. The minimum absolute atomic E-state index is 0.212. The number of amides is 1. The maximum atomic E-state index is 12.6. The van der Waals surface area contributed by atoms with E-state index in [0.717, 1.165) is 16.6 Å². The van der Waals surface area contributed by atoms with Crippen LogP contribution in [0.5, 0.6) is 0 Å². The molecule has 0 bridgehead atoms. The van der Waals surface area contributed by atoms with E-state index in [1.807, 2.05) is 36.4 Å². The number of pyridine rings is 1. The van der Waals surface area contributed by atoms with E-state index in [-0.39, 0.29) is 5.91 Å². The Labute approximate surface area is 143 Å². The van der Waals surface area contributed by atoms with Gasteiger partial charge in [0, 0.05) is 31.1 Å². The highest BCUT2D eigenvalue weighted by Gasteiger charge is 2.18. The fraction of sp³-hybridized carbons (Fsp3) is 0.111. The summed E-state index contributed by atoms with van der Waals surface area (Å²) in [6.07, 6.45) is 3.41. The van der Waals surface area contributed by atoms with Crippen LogP contribution in [0.4, 0.5) is 0 Å². The van der Waals surface area contributed by atoms with Crippen LogP contribution in [0.3, 0.4) is 0 Å². The first-order valence-electron chi connectivity index (χ1n) is 7.77. The lowest BCUT2D eigenvalue weighted by Gasteiger charge is -2.13. The normalized spacial score (nSPS) is 10.9. The van der Waals surface area contributed by atoms with Crippen LogP contribution in [0.2, 0.25) is 0 Å². The molecular formula is C18H15N5O2. The molecule has 0 spiro atoms. The summed E-state index contributed by atoms with van der Waals surface area (Å²) in [7, 11) is 1.70. The van der Waals surface area contributed by atoms with E-state index in [1.54, 1.807) is 25.5 Å². The fourth-order valence-corrected chi connectivity index (χ4v) is 2.58. The number of carbonyl (C=O) groups is 1. The summed E-state index contributed by atoms with van der Waals surface area (Å²) in [5.74, 6) is 0.678. The van der Waals surface area contributed by atoms with Gasteiger partial charge in [-0.2, -0.15) is 0 Å². The molecule has 3 heterocycles. The van der Waals surface area contributed by atoms with Crippen LogP contribution in [0.25, 0.3) is 22.3 Å². The van der Waals surface area contributed by atoms with Gasteiger partial charge in [0.2, 0.25) is 0 Å². The summed E-state index contributed by atoms with van der Waals surface area (Å²) in [5.41, 5.74) is 3.15. The van der Waals surface area contributed by atoms with Gasteiger partial charge in [-0.25, -0.2) is 4.98 Å². The highest BCUT2D eigenvalue weighted by atomic mass is 16.5. The second-order valence-electron chi connectivity index (χ2n) is 5.68. The summed E-state index contributed by atoms with van der Waals surface area (Å²) in [4.78, 5) is 25.5.